The highest BCUT2D eigenvalue weighted by Crippen LogP contribution is 2.29. The Bertz CT molecular complexity index is 1350. The highest BCUT2D eigenvalue weighted by Gasteiger charge is 2.10. The minimum atomic E-state index is -0.141. The Kier molecular flexibility index (Phi) is 3.98. The lowest BCUT2D eigenvalue weighted by Gasteiger charge is -2.09. The highest BCUT2D eigenvalue weighted by molar-refractivity contribution is 5.84. The second kappa shape index (κ2) is 6.79. The van der Waals surface area contributed by atoms with Gasteiger partial charge in [0, 0.05) is 29.5 Å². The zero-order valence-corrected chi connectivity index (χ0v) is 15.5. The summed E-state index contributed by atoms with van der Waals surface area (Å²) in [5, 5.41) is 11.6. The van der Waals surface area contributed by atoms with Crippen LogP contribution in [-0.4, -0.2) is 31.7 Å². The summed E-state index contributed by atoms with van der Waals surface area (Å²) in [6, 6.07) is 17.3. The molecule has 3 aromatic heterocycles. The van der Waals surface area contributed by atoms with Crippen LogP contribution in [0.4, 0.5) is 0 Å². The molecule has 0 fully saturated rings. The lowest BCUT2D eigenvalue weighted by atomic mass is 10.2. The molecule has 0 atom stereocenters. The number of methoxy groups -OCH3 is 1. The molecule has 0 aliphatic carbocycles. The van der Waals surface area contributed by atoms with E-state index in [1.165, 1.54) is 0 Å². The van der Waals surface area contributed by atoms with Crippen molar-refractivity contribution in [2.24, 2.45) is 0 Å². The van der Waals surface area contributed by atoms with E-state index in [2.05, 4.69) is 19.5 Å². The van der Waals surface area contributed by atoms with Crippen LogP contribution in [0.3, 0.4) is 0 Å². The van der Waals surface area contributed by atoms with E-state index in [0.29, 0.717) is 16.7 Å². The molecule has 29 heavy (non-hydrogen) atoms. The van der Waals surface area contributed by atoms with Crippen LogP contribution in [0.5, 0.6) is 23.4 Å². The van der Waals surface area contributed by atoms with Gasteiger partial charge in [-0.1, -0.05) is 6.07 Å². The molecule has 142 valence electrons. The fourth-order valence-corrected chi connectivity index (χ4v) is 3.26. The number of hydrogen-bond donors (Lipinski definition) is 1. The summed E-state index contributed by atoms with van der Waals surface area (Å²) in [4.78, 5) is 12.4. The van der Waals surface area contributed by atoms with Crippen molar-refractivity contribution in [3.8, 4) is 29.1 Å². The SMILES string of the molecule is COc1cccc(-n2ccc3cc(Oc4nc(O)c5ccncc5n4)ccc32)c1. The zero-order valence-electron chi connectivity index (χ0n) is 15.5. The molecular weight excluding hydrogens is 368 g/mol. The maximum absolute atomic E-state index is 10.1. The van der Waals surface area contributed by atoms with Crippen LogP contribution in [0.15, 0.2) is 73.2 Å². The van der Waals surface area contributed by atoms with Crippen molar-refractivity contribution in [1.82, 2.24) is 19.5 Å². The molecule has 5 aromatic rings. The van der Waals surface area contributed by atoms with E-state index in [4.69, 9.17) is 9.47 Å². The Hall–Kier alpha value is -4.13. The molecule has 0 saturated carbocycles. The first-order valence-electron chi connectivity index (χ1n) is 8.95. The average Bonchev–Trinajstić information content (AvgIpc) is 3.17. The van der Waals surface area contributed by atoms with E-state index in [-0.39, 0.29) is 11.9 Å². The molecular formula is C22H16N4O3. The summed E-state index contributed by atoms with van der Waals surface area (Å²) in [6.07, 6.45) is 5.13. The van der Waals surface area contributed by atoms with Crippen molar-refractivity contribution in [3.05, 3.63) is 73.2 Å². The van der Waals surface area contributed by atoms with Crippen LogP contribution in [-0.2, 0) is 0 Å². The number of nitrogens with zero attached hydrogens (tertiary/aromatic N) is 4. The first kappa shape index (κ1) is 17.0. The molecule has 0 aliphatic heterocycles. The number of benzene rings is 2. The smallest absolute Gasteiger partial charge is 0.325 e. The second-order valence-corrected chi connectivity index (χ2v) is 6.43. The van der Waals surface area contributed by atoms with Gasteiger partial charge in [0.2, 0.25) is 5.88 Å². The predicted octanol–water partition coefficient (Wildman–Crippen LogP) is 4.48. The third kappa shape index (κ3) is 3.08. The van der Waals surface area contributed by atoms with E-state index in [1.807, 2.05) is 54.7 Å². The Morgan fingerprint density at radius 3 is 2.79 bits per heavy atom. The molecule has 7 heteroatoms. The molecule has 0 saturated heterocycles. The van der Waals surface area contributed by atoms with Crippen LogP contribution in [0.2, 0.25) is 0 Å². The molecule has 5 rings (SSSR count). The van der Waals surface area contributed by atoms with Crippen LogP contribution in [0.25, 0.3) is 27.5 Å². The fraction of sp³-hybridized carbons (Fsp3) is 0.0455. The number of hydrogen-bond acceptors (Lipinski definition) is 6. The normalized spacial score (nSPS) is 11.1. The average molecular weight is 384 g/mol. The van der Waals surface area contributed by atoms with E-state index in [9.17, 15) is 5.11 Å². The van der Waals surface area contributed by atoms with E-state index >= 15 is 0 Å². The maximum Gasteiger partial charge on any atom is 0.325 e. The first-order valence-corrected chi connectivity index (χ1v) is 8.95. The number of rotatable bonds is 4. The van der Waals surface area contributed by atoms with Gasteiger partial charge in [0.1, 0.15) is 11.5 Å². The van der Waals surface area contributed by atoms with Crippen molar-refractivity contribution < 1.29 is 14.6 Å². The number of ether oxygens (including phenoxy) is 2. The molecule has 0 aliphatic rings. The van der Waals surface area contributed by atoms with Crippen molar-refractivity contribution in [2.75, 3.05) is 7.11 Å². The molecule has 0 bridgehead atoms. The van der Waals surface area contributed by atoms with Gasteiger partial charge in [0.25, 0.3) is 0 Å². The van der Waals surface area contributed by atoms with E-state index in [1.54, 1.807) is 25.6 Å². The van der Waals surface area contributed by atoms with Crippen molar-refractivity contribution >= 4 is 21.8 Å². The van der Waals surface area contributed by atoms with Crippen molar-refractivity contribution in [3.63, 3.8) is 0 Å². The van der Waals surface area contributed by atoms with Gasteiger partial charge in [-0.3, -0.25) is 4.98 Å². The summed E-state index contributed by atoms with van der Waals surface area (Å²) < 4.78 is 13.2. The predicted molar refractivity (Wildman–Crippen MR) is 109 cm³/mol. The maximum atomic E-state index is 10.1. The van der Waals surface area contributed by atoms with Gasteiger partial charge in [-0.05, 0) is 42.5 Å². The van der Waals surface area contributed by atoms with Crippen LogP contribution in [0, 0.1) is 0 Å². The summed E-state index contributed by atoms with van der Waals surface area (Å²) in [5.41, 5.74) is 2.54. The number of aromatic nitrogens is 4. The summed E-state index contributed by atoms with van der Waals surface area (Å²) in [6.45, 7) is 0. The van der Waals surface area contributed by atoms with Gasteiger partial charge in [0.05, 0.1) is 29.7 Å². The van der Waals surface area contributed by atoms with Crippen LogP contribution in [0.1, 0.15) is 0 Å². The Morgan fingerprint density at radius 2 is 1.90 bits per heavy atom. The van der Waals surface area contributed by atoms with Crippen molar-refractivity contribution in [2.45, 2.75) is 0 Å². The van der Waals surface area contributed by atoms with Gasteiger partial charge in [0.15, 0.2) is 0 Å². The van der Waals surface area contributed by atoms with Gasteiger partial charge < -0.3 is 19.1 Å². The summed E-state index contributed by atoms with van der Waals surface area (Å²) >= 11 is 0. The van der Waals surface area contributed by atoms with Crippen molar-refractivity contribution in [1.29, 1.82) is 0 Å². The molecule has 0 amide bonds. The molecule has 7 nitrogen and oxygen atoms in total. The molecule has 2 aromatic carbocycles. The minimum absolute atomic E-state index is 0.0644. The molecule has 0 spiro atoms. The van der Waals surface area contributed by atoms with Gasteiger partial charge >= 0.3 is 6.01 Å². The monoisotopic (exact) mass is 384 g/mol. The molecule has 3 heterocycles. The third-order valence-corrected chi connectivity index (χ3v) is 4.66. The Morgan fingerprint density at radius 1 is 0.966 bits per heavy atom. The molecule has 1 N–H and O–H groups in total. The number of aromatic hydroxyl groups is 1. The van der Waals surface area contributed by atoms with Gasteiger partial charge in [-0.15, -0.1) is 0 Å². The summed E-state index contributed by atoms with van der Waals surface area (Å²) in [7, 11) is 1.65. The number of pyridine rings is 1. The second-order valence-electron chi connectivity index (χ2n) is 6.43. The Balaban J connectivity index is 1.50. The fourth-order valence-electron chi connectivity index (χ4n) is 3.26. The van der Waals surface area contributed by atoms with Crippen LogP contribution >= 0.6 is 0 Å². The minimum Gasteiger partial charge on any atom is -0.497 e. The molecule has 0 unspecified atom stereocenters. The van der Waals surface area contributed by atoms with Gasteiger partial charge in [-0.25, -0.2) is 0 Å². The van der Waals surface area contributed by atoms with Gasteiger partial charge in [-0.2, -0.15) is 9.97 Å². The topological polar surface area (TPSA) is 82.3 Å². The summed E-state index contributed by atoms with van der Waals surface area (Å²) in [5.74, 6) is 1.23. The number of fused-ring (bicyclic) bond motifs is 2. The van der Waals surface area contributed by atoms with E-state index < -0.39 is 0 Å². The van der Waals surface area contributed by atoms with Crippen LogP contribution < -0.4 is 9.47 Å². The zero-order chi connectivity index (χ0) is 19.8. The largest absolute Gasteiger partial charge is 0.497 e. The lowest BCUT2D eigenvalue weighted by molar-refractivity contribution is 0.412. The first-order chi connectivity index (χ1) is 14.2. The quantitative estimate of drug-likeness (QED) is 0.492. The molecule has 0 radical (unpaired) electrons. The van der Waals surface area contributed by atoms with E-state index in [0.717, 1.165) is 22.3 Å². The highest BCUT2D eigenvalue weighted by atomic mass is 16.5. The third-order valence-electron chi connectivity index (χ3n) is 4.66. The standard InChI is InChI=1S/C22H16N4O3/c1-28-16-4-2-3-15(12-16)26-10-8-14-11-17(5-6-20(14)26)29-22-24-19-13-23-9-7-18(19)21(27)25-22/h2-13H,1H3,(H,24,25,27). The Labute approximate surface area is 165 Å². The lowest BCUT2D eigenvalue weighted by Crippen LogP contribution is -1.95.